The molecule has 0 aromatic heterocycles. The lowest BCUT2D eigenvalue weighted by Gasteiger charge is -2.22. The maximum absolute atomic E-state index is 11.0. The molecule has 0 radical (unpaired) electrons. The summed E-state index contributed by atoms with van der Waals surface area (Å²) < 4.78 is 5.37. The Balaban J connectivity index is 0.00000225. The number of rotatable bonds is 6. The second kappa shape index (κ2) is 7.87. The van der Waals surface area contributed by atoms with Gasteiger partial charge in [0.15, 0.2) is 0 Å². The van der Waals surface area contributed by atoms with Crippen LogP contribution in [0.5, 0.6) is 0 Å². The summed E-state index contributed by atoms with van der Waals surface area (Å²) in [6.45, 7) is 7.18. The summed E-state index contributed by atoms with van der Waals surface area (Å²) in [6.07, 6.45) is 1.74. The molecule has 96 valence electrons. The summed E-state index contributed by atoms with van der Waals surface area (Å²) in [5, 5.41) is 9.02. The molecule has 2 atom stereocenters. The van der Waals surface area contributed by atoms with E-state index in [9.17, 15) is 4.79 Å². The van der Waals surface area contributed by atoms with Crippen LogP contribution in [0.1, 0.15) is 26.7 Å². The highest BCUT2D eigenvalue weighted by atomic mass is 35.5. The molecule has 2 unspecified atom stereocenters. The van der Waals surface area contributed by atoms with Crippen molar-refractivity contribution in [1.29, 1.82) is 0 Å². The largest absolute Gasteiger partial charge is 0.480 e. The standard InChI is InChI=1S/C11H21NO3.ClH/c1-3-10(11(13)14)12-6-5-9(7-12)8-15-4-2;/h9-10H,3-8H2,1-2H3,(H,13,14);1H. The molecule has 0 saturated carbocycles. The Morgan fingerprint density at radius 2 is 2.25 bits per heavy atom. The molecule has 1 aliphatic rings. The molecule has 0 aliphatic carbocycles. The SMILES string of the molecule is CCOCC1CCN(C(CC)C(=O)O)C1.Cl. The summed E-state index contributed by atoms with van der Waals surface area (Å²) in [7, 11) is 0. The zero-order valence-electron chi connectivity index (χ0n) is 10.0. The number of aliphatic carboxylic acids is 1. The van der Waals surface area contributed by atoms with E-state index in [2.05, 4.69) is 4.90 Å². The van der Waals surface area contributed by atoms with Gasteiger partial charge in [0.05, 0.1) is 6.61 Å². The number of carbonyl (C=O) groups is 1. The molecule has 1 rings (SSSR count). The third-order valence-corrected chi connectivity index (χ3v) is 2.99. The summed E-state index contributed by atoms with van der Waals surface area (Å²) in [4.78, 5) is 13.0. The monoisotopic (exact) mass is 251 g/mol. The number of likely N-dealkylation sites (tertiary alicyclic amines) is 1. The van der Waals surface area contributed by atoms with E-state index in [1.54, 1.807) is 0 Å². The summed E-state index contributed by atoms with van der Waals surface area (Å²) >= 11 is 0. The summed E-state index contributed by atoms with van der Waals surface area (Å²) in [6, 6.07) is -0.309. The van der Waals surface area contributed by atoms with Crippen LogP contribution in [-0.4, -0.2) is 48.3 Å². The number of nitrogens with zero attached hydrogens (tertiary/aromatic N) is 1. The summed E-state index contributed by atoms with van der Waals surface area (Å²) in [5.41, 5.74) is 0. The van der Waals surface area contributed by atoms with E-state index >= 15 is 0 Å². The fourth-order valence-corrected chi connectivity index (χ4v) is 2.16. The van der Waals surface area contributed by atoms with E-state index in [1.165, 1.54) is 0 Å². The maximum Gasteiger partial charge on any atom is 0.320 e. The third-order valence-electron chi connectivity index (χ3n) is 2.99. The maximum atomic E-state index is 11.0. The van der Waals surface area contributed by atoms with Crippen molar-refractivity contribution in [2.75, 3.05) is 26.3 Å². The van der Waals surface area contributed by atoms with E-state index in [0.717, 1.165) is 32.7 Å². The normalized spacial score (nSPS) is 22.8. The van der Waals surface area contributed by atoms with Crippen molar-refractivity contribution in [3.8, 4) is 0 Å². The molecule has 5 heteroatoms. The molecule has 0 aromatic carbocycles. The lowest BCUT2D eigenvalue weighted by Crippen LogP contribution is -2.39. The average Bonchev–Trinajstić information content (AvgIpc) is 2.64. The predicted octanol–water partition coefficient (Wildman–Crippen LogP) is 1.63. The number of halogens is 1. The van der Waals surface area contributed by atoms with Crippen LogP contribution in [0.3, 0.4) is 0 Å². The van der Waals surface area contributed by atoms with Crippen molar-refractivity contribution in [3.05, 3.63) is 0 Å². The van der Waals surface area contributed by atoms with Crippen molar-refractivity contribution in [3.63, 3.8) is 0 Å². The highest BCUT2D eigenvalue weighted by Crippen LogP contribution is 2.20. The molecule has 1 saturated heterocycles. The molecule has 4 nitrogen and oxygen atoms in total. The Morgan fingerprint density at radius 1 is 1.56 bits per heavy atom. The molecular formula is C11H22ClNO3. The fraction of sp³-hybridized carbons (Fsp3) is 0.909. The first-order chi connectivity index (χ1) is 7.19. The zero-order valence-corrected chi connectivity index (χ0v) is 10.8. The Bertz CT molecular complexity index is 213. The molecular weight excluding hydrogens is 230 g/mol. The number of hydrogen-bond acceptors (Lipinski definition) is 3. The van der Waals surface area contributed by atoms with Gasteiger partial charge in [-0.2, -0.15) is 0 Å². The predicted molar refractivity (Wildman–Crippen MR) is 65.1 cm³/mol. The van der Waals surface area contributed by atoms with Crippen molar-refractivity contribution in [2.45, 2.75) is 32.7 Å². The first-order valence-corrected chi connectivity index (χ1v) is 5.73. The molecule has 0 aromatic rings. The second-order valence-corrected chi connectivity index (χ2v) is 4.07. The van der Waals surface area contributed by atoms with Gasteiger partial charge in [0.2, 0.25) is 0 Å². The molecule has 1 heterocycles. The van der Waals surface area contributed by atoms with Gasteiger partial charge in [0.1, 0.15) is 6.04 Å². The van der Waals surface area contributed by atoms with E-state index in [0.29, 0.717) is 12.3 Å². The van der Waals surface area contributed by atoms with Crippen molar-refractivity contribution in [1.82, 2.24) is 4.90 Å². The molecule has 0 spiro atoms. The van der Waals surface area contributed by atoms with Crippen molar-refractivity contribution in [2.24, 2.45) is 5.92 Å². The first-order valence-electron chi connectivity index (χ1n) is 5.73. The van der Waals surface area contributed by atoms with Crippen molar-refractivity contribution < 1.29 is 14.6 Å². The molecule has 0 amide bonds. The molecule has 16 heavy (non-hydrogen) atoms. The van der Waals surface area contributed by atoms with Crippen LogP contribution in [0.4, 0.5) is 0 Å². The smallest absolute Gasteiger partial charge is 0.320 e. The van der Waals surface area contributed by atoms with E-state index in [-0.39, 0.29) is 18.4 Å². The molecule has 0 bridgehead atoms. The Labute approximate surface area is 103 Å². The van der Waals surface area contributed by atoms with Crippen LogP contribution in [0.25, 0.3) is 0 Å². The highest BCUT2D eigenvalue weighted by Gasteiger charge is 2.30. The van der Waals surface area contributed by atoms with E-state index in [1.807, 2.05) is 13.8 Å². The van der Waals surface area contributed by atoms with Crippen molar-refractivity contribution >= 4 is 18.4 Å². The van der Waals surface area contributed by atoms with Crippen LogP contribution in [-0.2, 0) is 9.53 Å². The van der Waals surface area contributed by atoms with Gasteiger partial charge in [-0.15, -0.1) is 12.4 Å². The zero-order chi connectivity index (χ0) is 11.3. The molecule has 1 N–H and O–H groups in total. The Kier molecular flexibility index (Phi) is 7.72. The van der Waals surface area contributed by atoms with E-state index < -0.39 is 5.97 Å². The van der Waals surface area contributed by atoms with Gasteiger partial charge in [0, 0.05) is 13.2 Å². The number of carboxylic acids is 1. The lowest BCUT2D eigenvalue weighted by atomic mass is 10.1. The van der Waals surface area contributed by atoms with Crippen LogP contribution < -0.4 is 0 Å². The number of hydrogen-bond donors (Lipinski definition) is 1. The minimum atomic E-state index is -0.699. The minimum Gasteiger partial charge on any atom is -0.480 e. The minimum absolute atomic E-state index is 0. The van der Waals surface area contributed by atoms with Gasteiger partial charge in [-0.25, -0.2) is 0 Å². The van der Waals surface area contributed by atoms with Crippen LogP contribution in [0.2, 0.25) is 0 Å². The van der Waals surface area contributed by atoms with Gasteiger partial charge in [-0.3, -0.25) is 9.69 Å². The molecule has 1 aliphatic heterocycles. The second-order valence-electron chi connectivity index (χ2n) is 4.07. The first kappa shape index (κ1) is 15.7. The average molecular weight is 252 g/mol. The lowest BCUT2D eigenvalue weighted by molar-refractivity contribution is -0.143. The van der Waals surface area contributed by atoms with Crippen LogP contribution in [0.15, 0.2) is 0 Å². The third kappa shape index (κ3) is 4.28. The van der Waals surface area contributed by atoms with Gasteiger partial charge in [-0.05, 0) is 32.2 Å². The molecule has 1 fully saturated rings. The Morgan fingerprint density at radius 3 is 2.75 bits per heavy atom. The Hall–Kier alpha value is -0.320. The van der Waals surface area contributed by atoms with E-state index in [4.69, 9.17) is 9.84 Å². The van der Waals surface area contributed by atoms with Gasteiger partial charge < -0.3 is 9.84 Å². The van der Waals surface area contributed by atoms with Gasteiger partial charge in [0.25, 0.3) is 0 Å². The van der Waals surface area contributed by atoms with Gasteiger partial charge in [-0.1, -0.05) is 6.92 Å². The van der Waals surface area contributed by atoms with Crippen LogP contribution in [0, 0.1) is 5.92 Å². The number of carboxylic acid groups (broad SMARTS) is 1. The highest BCUT2D eigenvalue weighted by molar-refractivity contribution is 5.85. The van der Waals surface area contributed by atoms with Gasteiger partial charge >= 0.3 is 5.97 Å². The number of ether oxygens (including phenoxy) is 1. The van der Waals surface area contributed by atoms with Crippen LogP contribution >= 0.6 is 12.4 Å². The quantitative estimate of drug-likeness (QED) is 0.780. The topological polar surface area (TPSA) is 49.8 Å². The fourth-order valence-electron chi connectivity index (χ4n) is 2.16. The summed E-state index contributed by atoms with van der Waals surface area (Å²) in [5.74, 6) is -0.187.